The van der Waals surface area contributed by atoms with Gasteiger partial charge in [0.05, 0.1) is 17.7 Å². The van der Waals surface area contributed by atoms with Gasteiger partial charge in [-0.1, -0.05) is 0 Å². The van der Waals surface area contributed by atoms with Crippen LogP contribution in [0.2, 0.25) is 0 Å². The molecule has 7 nitrogen and oxygen atoms in total. The highest BCUT2D eigenvalue weighted by Gasteiger charge is 2.25. The Morgan fingerprint density at radius 3 is 3.05 bits per heavy atom. The smallest absolute Gasteiger partial charge is 0.221 e. The molecule has 1 aromatic heterocycles. The molecule has 1 saturated heterocycles. The maximum atomic E-state index is 11.7. The Balaban J connectivity index is 1.78. The molecule has 1 amide bonds. The molecule has 1 unspecified atom stereocenters. The van der Waals surface area contributed by atoms with Crippen molar-refractivity contribution in [3.63, 3.8) is 0 Å². The molecule has 2 N–H and O–H groups in total. The van der Waals surface area contributed by atoms with Gasteiger partial charge in [0.2, 0.25) is 5.91 Å². The quantitative estimate of drug-likeness (QED) is 0.726. The fraction of sp³-hybridized carbons (Fsp3) is 0.636. The standard InChI is InChI=1S/C11H18N4O3S/c1-15-7-9(6-14-15)5-13-11(16)4-10-8-19(17,18)3-2-12-10/h6-7,10,12H,2-5,8H2,1H3,(H,13,16). The van der Waals surface area contributed by atoms with Crippen LogP contribution < -0.4 is 10.6 Å². The summed E-state index contributed by atoms with van der Waals surface area (Å²) in [5.74, 6) is 0.0344. The number of aryl methyl sites for hydroxylation is 1. The zero-order valence-electron chi connectivity index (χ0n) is 10.8. The van der Waals surface area contributed by atoms with Crippen LogP contribution in [0.5, 0.6) is 0 Å². The summed E-state index contributed by atoms with van der Waals surface area (Å²) in [5.41, 5.74) is 0.917. The predicted molar refractivity (Wildman–Crippen MR) is 70.1 cm³/mol. The van der Waals surface area contributed by atoms with Gasteiger partial charge in [0, 0.05) is 44.4 Å². The van der Waals surface area contributed by atoms with E-state index in [9.17, 15) is 13.2 Å². The van der Waals surface area contributed by atoms with E-state index in [4.69, 9.17) is 0 Å². The average Bonchev–Trinajstić information content (AvgIpc) is 2.71. The molecule has 1 aromatic rings. The van der Waals surface area contributed by atoms with Gasteiger partial charge in [-0.2, -0.15) is 5.10 Å². The summed E-state index contributed by atoms with van der Waals surface area (Å²) >= 11 is 0. The van der Waals surface area contributed by atoms with Crippen LogP contribution in [0, 0.1) is 0 Å². The lowest BCUT2D eigenvalue weighted by Crippen LogP contribution is -2.47. The van der Waals surface area contributed by atoms with Crippen molar-refractivity contribution in [2.24, 2.45) is 7.05 Å². The minimum atomic E-state index is -3.00. The lowest BCUT2D eigenvalue weighted by atomic mass is 10.2. The molecule has 2 heterocycles. The minimum Gasteiger partial charge on any atom is -0.352 e. The molecule has 1 aliphatic rings. The molecular formula is C11H18N4O3S. The minimum absolute atomic E-state index is 0.0350. The summed E-state index contributed by atoms with van der Waals surface area (Å²) in [6.45, 7) is 0.828. The first kappa shape index (κ1) is 14.0. The van der Waals surface area contributed by atoms with E-state index in [2.05, 4.69) is 15.7 Å². The lowest BCUT2D eigenvalue weighted by molar-refractivity contribution is -0.121. The van der Waals surface area contributed by atoms with Crippen molar-refractivity contribution in [3.05, 3.63) is 18.0 Å². The number of aromatic nitrogens is 2. The number of sulfone groups is 1. The van der Waals surface area contributed by atoms with Crippen molar-refractivity contribution in [2.75, 3.05) is 18.1 Å². The second-order valence-corrected chi connectivity index (χ2v) is 7.00. The van der Waals surface area contributed by atoms with Gasteiger partial charge >= 0.3 is 0 Å². The molecule has 1 atom stereocenters. The molecule has 0 spiro atoms. The molecule has 1 fully saturated rings. The highest BCUT2D eigenvalue weighted by Crippen LogP contribution is 2.05. The molecule has 106 valence electrons. The molecule has 8 heteroatoms. The molecule has 0 bridgehead atoms. The summed E-state index contributed by atoms with van der Waals surface area (Å²) in [7, 11) is -1.19. The number of nitrogens with one attached hydrogen (secondary N) is 2. The van der Waals surface area contributed by atoms with Gasteiger partial charge in [-0.3, -0.25) is 9.48 Å². The molecule has 1 aliphatic heterocycles. The topological polar surface area (TPSA) is 93.1 Å². The summed E-state index contributed by atoms with van der Waals surface area (Å²) < 4.78 is 24.5. The van der Waals surface area contributed by atoms with E-state index < -0.39 is 9.84 Å². The molecule has 2 rings (SSSR count). The molecular weight excluding hydrogens is 268 g/mol. The Bertz CT molecular complexity index is 552. The SMILES string of the molecule is Cn1cc(CNC(=O)CC2CS(=O)(=O)CCN2)cn1. The van der Waals surface area contributed by atoms with Crippen molar-refractivity contribution < 1.29 is 13.2 Å². The van der Waals surface area contributed by atoms with E-state index >= 15 is 0 Å². The van der Waals surface area contributed by atoms with Crippen LogP contribution in [0.15, 0.2) is 12.4 Å². The van der Waals surface area contributed by atoms with Gasteiger partial charge in [0.15, 0.2) is 9.84 Å². The zero-order valence-corrected chi connectivity index (χ0v) is 11.6. The van der Waals surface area contributed by atoms with Crippen molar-refractivity contribution in [2.45, 2.75) is 19.0 Å². The van der Waals surface area contributed by atoms with Crippen LogP contribution in [0.1, 0.15) is 12.0 Å². The van der Waals surface area contributed by atoms with Gasteiger partial charge in [-0.05, 0) is 0 Å². The fourth-order valence-corrected chi connectivity index (χ4v) is 3.50. The number of carbonyl (C=O) groups is 1. The van der Waals surface area contributed by atoms with Crippen LogP contribution in [0.3, 0.4) is 0 Å². The number of nitrogens with zero attached hydrogens (tertiary/aromatic N) is 2. The van der Waals surface area contributed by atoms with E-state index in [0.29, 0.717) is 13.1 Å². The van der Waals surface area contributed by atoms with Crippen LogP contribution in [-0.4, -0.2) is 48.2 Å². The number of hydrogen-bond acceptors (Lipinski definition) is 5. The van der Waals surface area contributed by atoms with Crippen molar-refractivity contribution in [1.82, 2.24) is 20.4 Å². The van der Waals surface area contributed by atoms with Crippen LogP contribution >= 0.6 is 0 Å². The molecule has 0 saturated carbocycles. The second kappa shape index (κ2) is 5.70. The van der Waals surface area contributed by atoms with Gasteiger partial charge in [0.25, 0.3) is 0 Å². The number of carbonyl (C=O) groups excluding carboxylic acids is 1. The summed E-state index contributed by atoms with van der Waals surface area (Å²) in [5, 5.41) is 9.81. The van der Waals surface area contributed by atoms with Crippen molar-refractivity contribution in [1.29, 1.82) is 0 Å². The maximum absolute atomic E-state index is 11.7. The van der Waals surface area contributed by atoms with Crippen LogP contribution in [-0.2, 0) is 28.2 Å². The summed E-state index contributed by atoms with van der Waals surface area (Å²) in [6.07, 6.45) is 3.69. The number of rotatable bonds is 4. The lowest BCUT2D eigenvalue weighted by Gasteiger charge is -2.23. The Morgan fingerprint density at radius 1 is 1.63 bits per heavy atom. The van der Waals surface area contributed by atoms with Crippen LogP contribution in [0.4, 0.5) is 0 Å². The van der Waals surface area contributed by atoms with Gasteiger partial charge < -0.3 is 10.6 Å². The molecule has 19 heavy (non-hydrogen) atoms. The van der Waals surface area contributed by atoms with Crippen molar-refractivity contribution >= 4 is 15.7 Å². The summed E-state index contributed by atoms with van der Waals surface area (Å²) in [4.78, 5) is 11.7. The number of amides is 1. The monoisotopic (exact) mass is 286 g/mol. The van der Waals surface area contributed by atoms with Gasteiger partial charge in [-0.25, -0.2) is 8.42 Å². The third-order valence-electron chi connectivity index (χ3n) is 2.98. The normalized spacial score (nSPS) is 22.1. The molecule has 0 aliphatic carbocycles. The summed E-state index contributed by atoms with van der Waals surface area (Å²) in [6, 6.07) is -0.285. The first-order valence-corrected chi connectivity index (χ1v) is 7.95. The Morgan fingerprint density at radius 2 is 2.42 bits per heavy atom. The second-order valence-electron chi connectivity index (χ2n) is 4.77. The highest BCUT2D eigenvalue weighted by atomic mass is 32.2. The van der Waals surface area contributed by atoms with E-state index in [1.807, 2.05) is 13.2 Å². The van der Waals surface area contributed by atoms with E-state index in [1.165, 1.54) is 0 Å². The molecule has 0 aromatic carbocycles. The fourth-order valence-electron chi connectivity index (χ4n) is 2.06. The van der Waals surface area contributed by atoms with E-state index in [-0.39, 0.29) is 29.9 Å². The average molecular weight is 286 g/mol. The highest BCUT2D eigenvalue weighted by molar-refractivity contribution is 7.91. The van der Waals surface area contributed by atoms with Gasteiger partial charge in [-0.15, -0.1) is 0 Å². The van der Waals surface area contributed by atoms with E-state index in [0.717, 1.165) is 5.56 Å². The third kappa shape index (κ3) is 4.32. The maximum Gasteiger partial charge on any atom is 0.221 e. The largest absolute Gasteiger partial charge is 0.352 e. The van der Waals surface area contributed by atoms with Crippen LogP contribution in [0.25, 0.3) is 0 Å². The predicted octanol–water partition coefficient (Wildman–Crippen LogP) is -1.19. The Kier molecular flexibility index (Phi) is 4.20. The Labute approximate surface area is 112 Å². The first-order valence-electron chi connectivity index (χ1n) is 6.13. The number of hydrogen-bond donors (Lipinski definition) is 2. The Hall–Kier alpha value is -1.41. The zero-order chi connectivity index (χ0) is 13.9. The third-order valence-corrected chi connectivity index (χ3v) is 4.72. The first-order chi connectivity index (χ1) is 8.94. The molecule has 0 radical (unpaired) electrons. The van der Waals surface area contributed by atoms with Crippen molar-refractivity contribution in [3.8, 4) is 0 Å². The van der Waals surface area contributed by atoms with E-state index in [1.54, 1.807) is 10.9 Å². The van der Waals surface area contributed by atoms with Gasteiger partial charge in [0.1, 0.15) is 0 Å².